The first kappa shape index (κ1) is 10.9. The number of hydrogen-bond acceptors (Lipinski definition) is 0. The molecule has 0 aliphatic heterocycles. The molecular formula is C16H26. The Kier molecular flexibility index (Phi) is 2.00. The van der Waals surface area contributed by atoms with Gasteiger partial charge >= 0.3 is 0 Å². The number of rotatable bonds is 0. The van der Waals surface area contributed by atoms with E-state index in [1.165, 1.54) is 25.7 Å². The Bertz CT molecular complexity index is 360. The molecule has 16 heavy (non-hydrogen) atoms. The molecule has 0 heteroatoms. The predicted octanol–water partition coefficient (Wildman–Crippen LogP) is 4.81. The van der Waals surface area contributed by atoms with Gasteiger partial charge in [-0.3, -0.25) is 0 Å². The Morgan fingerprint density at radius 3 is 2.38 bits per heavy atom. The first-order chi connectivity index (χ1) is 7.36. The van der Waals surface area contributed by atoms with Gasteiger partial charge in [0.25, 0.3) is 0 Å². The lowest BCUT2D eigenvalue weighted by Crippen LogP contribution is -2.45. The third kappa shape index (κ3) is 1.11. The summed E-state index contributed by atoms with van der Waals surface area (Å²) in [5.41, 5.74) is 4.88. The van der Waals surface area contributed by atoms with Crippen LogP contribution in [0.1, 0.15) is 60.3 Å². The molecule has 3 rings (SSSR count). The molecule has 4 unspecified atom stereocenters. The summed E-state index contributed by atoms with van der Waals surface area (Å²) in [5.74, 6) is 2.77. The molecule has 0 aromatic heterocycles. The van der Waals surface area contributed by atoms with Gasteiger partial charge < -0.3 is 0 Å². The van der Waals surface area contributed by atoms with Crippen molar-refractivity contribution in [2.75, 3.05) is 0 Å². The summed E-state index contributed by atoms with van der Waals surface area (Å²) in [6.45, 7) is 12.5. The first-order valence-electron chi connectivity index (χ1n) is 7.08. The van der Waals surface area contributed by atoms with E-state index < -0.39 is 0 Å². The molecule has 90 valence electrons. The zero-order chi connectivity index (χ0) is 11.7. The molecule has 4 atom stereocenters. The Morgan fingerprint density at radius 1 is 1.12 bits per heavy atom. The third-order valence-corrected chi connectivity index (χ3v) is 6.43. The zero-order valence-electron chi connectivity index (χ0n) is 11.6. The molecule has 0 radical (unpaired) electrons. The average molecular weight is 218 g/mol. The Labute approximate surface area is 101 Å². The normalized spacial score (nSPS) is 49.7. The molecule has 0 spiro atoms. The van der Waals surface area contributed by atoms with Crippen molar-refractivity contribution in [1.29, 1.82) is 0 Å². The van der Waals surface area contributed by atoms with Crippen LogP contribution in [-0.4, -0.2) is 0 Å². The number of allylic oxidation sites excluding steroid dienone is 2. The van der Waals surface area contributed by atoms with E-state index in [0.717, 1.165) is 17.8 Å². The maximum absolute atomic E-state index is 2.56. The van der Waals surface area contributed by atoms with E-state index in [-0.39, 0.29) is 0 Å². The summed E-state index contributed by atoms with van der Waals surface area (Å²) in [7, 11) is 0. The van der Waals surface area contributed by atoms with E-state index in [1.807, 2.05) is 11.1 Å². The monoisotopic (exact) mass is 218 g/mol. The van der Waals surface area contributed by atoms with Crippen LogP contribution >= 0.6 is 0 Å². The molecule has 0 heterocycles. The Balaban J connectivity index is 2.04. The minimum atomic E-state index is 0.526. The largest absolute Gasteiger partial charge is 0.0668 e. The molecule has 3 aliphatic carbocycles. The van der Waals surface area contributed by atoms with E-state index in [4.69, 9.17) is 0 Å². The highest BCUT2D eigenvalue weighted by Crippen LogP contribution is 2.66. The fraction of sp³-hybridized carbons (Fsp3) is 0.875. The molecule has 3 aliphatic rings. The molecule has 1 saturated carbocycles. The molecule has 0 nitrogen and oxygen atoms in total. The van der Waals surface area contributed by atoms with Gasteiger partial charge in [0.2, 0.25) is 0 Å². The fourth-order valence-corrected chi connectivity index (χ4v) is 4.84. The van der Waals surface area contributed by atoms with Gasteiger partial charge in [-0.25, -0.2) is 0 Å². The van der Waals surface area contributed by atoms with Crippen molar-refractivity contribution < 1.29 is 0 Å². The lowest BCUT2D eigenvalue weighted by molar-refractivity contribution is 0.0276. The van der Waals surface area contributed by atoms with Gasteiger partial charge in [0, 0.05) is 0 Å². The smallest absolute Gasteiger partial charge is 0.00824 e. The van der Waals surface area contributed by atoms with Gasteiger partial charge in [0.1, 0.15) is 0 Å². The van der Waals surface area contributed by atoms with Gasteiger partial charge in [-0.15, -0.1) is 0 Å². The highest BCUT2D eigenvalue weighted by atomic mass is 14.6. The van der Waals surface area contributed by atoms with Crippen molar-refractivity contribution in [3.63, 3.8) is 0 Å². The average Bonchev–Trinajstić information content (AvgIpc) is 2.38. The van der Waals surface area contributed by atoms with E-state index in [9.17, 15) is 0 Å². The number of hydrogen-bond donors (Lipinski definition) is 0. The van der Waals surface area contributed by atoms with Crippen LogP contribution in [0, 0.1) is 28.6 Å². The van der Waals surface area contributed by atoms with Crippen molar-refractivity contribution >= 4 is 0 Å². The summed E-state index contributed by atoms with van der Waals surface area (Å²) < 4.78 is 0. The first-order valence-corrected chi connectivity index (χ1v) is 7.08. The van der Waals surface area contributed by atoms with Gasteiger partial charge in [0.15, 0.2) is 0 Å². The van der Waals surface area contributed by atoms with Crippen LogP contribution in [0.15, 0.2) is 11.1 Å². The maximum atomic E-state index is 2.56. The van der Waals surface area contributed by atoms with Crippen LogP contribution in [-0.2, 0) is 0 Å². The maximum Gasteiger partial charge on any atom is -0.00824 e. The van der Waals surface area contributed by atoms with Crippen LogP contribution in [0.2, 0.25) is 0 Å². The van der Waals surface area contributed by atoms with Crippen molar-refractivity contribution in [2.24, 2.45) is 28.6 Å². The Morgan fingerprint density at radius 2 is 1.81 bits per heavy atom. The summed E-state index contributed by atoms with van der Waals surface area (Å²) in [4.78, 5) is 0. The summed E-state index contributed by atoms with van der Waals surface area (Å²) in [5, 5.41) is 0. The molecular weight excluding hydrogens is 192 g/mol. The predicted molar refractivity (Wildman–Crippen MR) is 69.2 cm³/mol. The molecule has 0 aromatic rings. The lowest BCUT2D eigenvalue weighted by atomic mass is 9.50. The van der Waals surface area contributed by atoms with Crippen LogP contribution in [0.3, 0.4) is 0 Å². The summed E-state index contributed by atoms with van der Waals surface area (Å²) >= 11 is 0. The van der Waals surface area contributed by atoms with Crippen LogP contribution < -0.4 is 0 Å². The van der Waals surface area contributed by atoms with Gasteiger partial charge in [-0.2, -0.15) is 0 Å². The van der Waals surface area contributed by atoms with E-state index in [2.05, 4.69) is 34.6 Å². The fourth-order valence-electron chi connectivity index (χ4n) is 4.84. The van der Waals surface area contributed by atoms with Crippen molar-refractivity contribution in [3.05, 3.63) is 11.1 Å². The molecule has 0 aromatic carbocycles. The quantitative estimate of drug-likeness (QED) is 0.512. The highest BCUT2D eigenvalue weighted by Gasteiger charge is 2.55. The molecule has 0 bridgehead atoms. The third-order valence-electron chi connectivity index (χ3n) is 6.43. The summed E-state index contributed by atoms with van der Waals surface area (Å²) in [6, 6.07) is 0. The van der Waals surface area contributed by atoms with Gasteiger partial charge in [-0.05, 0) is 54.3 Å². The summed E-state index contributed by atoms with van der Waals surface area (Å²) in [6.07, 6.45) is 5.73. The van der Waals surface area contributed by atoms with Gasteiger partial charge in [0.05, 0.1) is 0 Å². The molecule has 1 fully saturated rings. The zero-order valence-corrected chi connectivity index (χ0v) is 11.6. The molecule has 0 N–H and O–H groups in total. The van der Waals surface area contributed by atoms with Crippen LogP contribution in [0.5, 0.6) is 0 Å². The highest BCUT2D eigenvalue weighted by molar-refractivity contribution is 5.37. The van der Waals surface area contributed by atoms with E-state index in [0.29, 0.717) is 10.8 Å². The molecule has 0 saturated heterocycles. The topological polar surface area (TPSA) is 0 Å². The van der Waals surface area contributed by atoms with Crippen molar-refractivity contribution in [3.8, 4) is 0 Å². The second-order valence-electron chi connectivity index (χ2n) is 7.63. The van der Waals surface area contributed by atoms with E-state index >= 15 is 0 Å². The SMILES string of the molecule is CC1CC2=C(CC(C)(C)C2C)C2(C)CCC12. The van der Waals surface area contributed by atoms with Crippen molar-refractivity contribution in [1.82, 2.24) is 0 Å². The minimum absolute atomic E-state index is 0.526. The number of fused-ring (bicyclic) bond motifs is 2. The minimum Gasteiger partial charge on any atom is -0.0668 e. The second-order valence-corrected chi connectivity index (χ2v) is 7.63. The Hall–Kier alpha value is -0.260. The second kappa shape index (κ2) is 2.94. The van der Waals surface area contributed by atoms with Gasteiger partial charge in [-0.1, -0.05) is 45.8 Å². The van der Waals surface area contributed by atoms with Crippen molar-refractivity contribution in [2.45, 2.75) is 60.3 Å². The van der Waals surface area contributed by atoms with Crippen LogP contribution in [0.4, 0.5) is 0 Å². The molecule has 0 amide bonds. The lowest BCUT2D eigenvalue weighted by Gasteiger charge is -2.55. The van der Waals surface area contributed by atoms with Crippen LogP contribution in [0.25, 0.3) is 0 Å². The van der Waals surface area contributed by atoms with E-state index in [1.54, 1.807) is 0 Å². The standard InChI is InChI=1S/C16H26/c1-10-8-12-11(2)15(3,4)9-14(12)16(5)7-6-13(10)16/h10-11,13H,6-9H2,1-5H3.